The molecule has 2 aliphatic rings. The first kappa shape index (κ1) is 26.4. The highest BCUT2D eigenvalue weighted by molar-refractivity contribution is 5.98. The van der Waals surface area contributed by atoms with Gasteiger partial charge in [0.15, 0.2) is 17.4 Å². The summed E-state index contributed by atoms with van der Waals surface area (Å²) in [5, 5.41) is 24.1. The number of amides is 1. The van der Waals surface area contributed by atoms with Crippen molar-refractivity contribution in [2.75, 3.05) is 19.7 Å². The molecular formula is C26H25F3N6O4. The van der Waals surface area contributed by atoms with Crippen molar-refractivity contribution in [3.8, 4) is 5.75 Å². The third-order valence-electron chi connectivity index (χ3n) is 6.84. The van der Waals surface area contributed by atoms with E-state index in [4.69, 9.17) is 4.74 Å². The number of rotatable bonds is 9. The Balaban J connectivity index is 1.23. The van der Waals surface area contributed by atoms with E-state index in [1.54, 1.807) is 4.90 Å². The Morgan fingerprint density at radius 2 is 1.85 bits per heavy atom. The Kier molecular flexibility index (Phi) is 7.59. The molecule has 5 rings (SSSR count). The quantitative estimate of drug-likeness (QED) is 0.312. The van der Waals surface area contributed by atoms with Gasteiger partial charge in [-0.1, -0.05) is 24.3 Å². The summed E-state index contributed by atoms with van der Waals surface area (Å²) in [6.07, 6.45) is 2.75. The van der Waals surface area contributed by atoms with Crippen LogP contribution in [0.25, 0.3) is 5.57 Å². The fourth-order valence-electron chi connectivity index (χ4n) is 5.03. The number of nitrogens with zero attached hydrogens (tertiary/aromatic N) is 5. The van der Waals surface area contributed by atoms with Gasteiger partial charge in [-0.15, -0.1) is 5.10 Å². The standard InChI is InChI=1S/C26H25F3N6O4/c27-19-7-8-20(28)25(24(19)29)39-9-1-2-15-3-5-16(6-4-15)18-10-17-11-34(12-21(31-17)23(18)26(37)38)22(36)13-35-14-30-32-33-35/h3-8,14,17,21,31H,1-2,9-13H2,(H,37,38). The SMILES string of the molecule is O=C(O)C1=C(c2ccc(CCCOc3c(F)ccc(F)c3F)cc2)CC2CN(C(=O)Cn3cnnn3)CC1N2. The lowest BCUT2D eigenvalue weighted by Crippen LogP contribution is -2.61. The van der Waals surface area contributed by atoms with Crippen LogP contribution in [0.1, 0.15) is 24.0 Å². The number of nitrogens with one attached hydrogen (secondary N) is 1. The molecule has 1 amide bonds. The van der Waals surface area contributed by atoms with E-state index in [0.29, 0.717) is 31.9 Å². The van der Waals surface area contributed by atoms with E-state index < -0.39 is 35.2 Å². The van der Waals surface area contributed by atoms with Crippen LogP contribution >= 0.6 is 0 Å². The number of aromatic nitrogens is 4. The predicted molar refractivity (Wildman–Crippen MR) is 131 cm³/mol. The zero-order chi connectivity index (χ0) is 27.5. The summed E-state index contributed by atoms with van der Waals surface area (Å²) in [6.45, 7) is 0.612. The molecule has 204 valence electrons. The molecular weight excluding hydrogens is 517 g/mol. The molecule has 2 unspecified atom stereocenters. The van der Waals surface area contributed by atoms with E-state index in [1.807, 2.05) is 24.3 Å². The summed E-state index contributed by atoms with van der Waals surface area (Å²) in [5.41, 5.74) is 2.65. The molecule has 3 heterocycles. The van der Waals surface area contributed by atoms with Crippen molar-refractivity contribution in [3.05, 3.63) is 76.9 Å². The first-order chi connectivity index (χ1) is 18.8. The second-order valence-corrected chi connectivity index (χ2v) is 9.45. The first-order valence-corrected chi connectivity index (χ1v) is 12.4. The maximum Gasteiger partial charge on any atom is 0.333 e. The molecule has 1 saturated heterocycles. The molecule has 2 aromatic carbocycles. The van der Waals surface area contributed by atoms with E-state index in [0.717, 1.165) is 22.8 Å². The van der Waals surface area contributed by atoms with Gasteiger partial charge in [0.25, 0.3) is 0 Å². The molecule has 39 heavy (non-hydrogen) atoms. The van der Waals surface area contributed by atoms with Gasteiger partial charge in [0.1, 0.15) is 12.9 Å². The third kappa shape index (κ3) is 5.77. The van der Waals surface area contributed by atoms with Gasteiger partial charge in [0, 0.05) is 19.1 Å². The second-order valence-electron chi connectivity index (χ2n) is 9.45. The van der Waals surface area contributed by atoms with Gasteiger partial charge in [-0.2, -0.15) is 4.39 Å². The molecule has 2 aliphatic heterocycles. The van der Waals surface area contributed by atoms with E-state index in [1.165, 1.54) is 11.0 Å². The van der Waals surface area contributed by atoms with Gasteiger partial charge < -0.3 is 20.1 Å². The molecule has 2 bridgehead atoms. The Hall–Kier alpha value is -4.26. The fourth-order valence-corrected chi connectivity index (χ4v) is 5.03. The summed E-state index contributed by atoms with van der Waals surface area (Å²) in [4.78, 5) is 26.7. The van der Waals surface area contributed by atoms with Gasteiger partial charge in [-0.05, 0) is 58.5 Å². The topological polar surface area (TPSA) is 122 Å². The van der Waals surface area contributed by atoms with Crippen LogP contribution in [0.15, 0.2) is 48.3 Å². The molecule has 3 aromatic rings. The fraction of sp³-hybridized carbons (Fsp3) is 0.346. The van der Waals surface area contributed by atoms with Crippen molar-refractivity contribution in [1.82, 2.24) is 30.4 Å². The van der Waals surface area contributed by atoms with E-state index in [2.05, 4.69) is 20.8 Å². The number of ether oxygens (including phenoxy) is 1. The number of carbonyl (C=O) groups excluding carboxylic acids is 1. The summed E-state index contributed by atoms with van der Waals surface area (Å²) < 4.78 is 47.2. The van der Waals surface area contributed by atoms with Crippen LogP contribution in [0.2, 0.25) is 0 Å². The summed E-state index contributed by atoms with van der Waals surface area (Å²) in [5.74, 6) is -5.47. The van der Waals surface area contributed by atoms with Gasteiger partial charge in [0.05, 0.1) is 18.2 Å². The molecule has 0 spiro atoms. The average Bonchev–Trinajstić information content (AvgIpc) is 3.43. The van der Waals surface area contributed by atoms with E-state index in [-0.39, 0.29) is 37.2 Å². The lowest BCUT2D eigenvalue weighted by Gasteiger charge is -2.43. The summed E-state index contributed by atoms with van der Waals surface area (Å²) in [7, 11) is 0. The van der Waals surface area contributed by atoms with Crippen LogP contribution in [0.3, 0.4) is 0 Å². The molecule has 2 atom stereocenters. The monoisotopic (exact) mass is 542 g/mol. The molecule has 0 aliphatic carbocycles. The second kappa shape index (κ2) is 11.2. The van der Waals surface area contributed by atoms with Crippen molar-refractivity contribution in [3.63, 3.8) is 0 Å². The van der Waals surface area contributed by atoms with Crippen molar-refractivity contribution in [2.24, 2.45) is 0 Å². The van der Waals surface area contributed by atoms with Gasteiger partial charge in [-0.3, -0.25) is 4.79 Å². The van der Waals surface area contributed by atoms with Crippen LogP contribution in [-0.2, 0) is 22.6 Å². The van der Waals surface area contributed by atoms with Gasteiger partial charge in [0.2, 0.25) is 11.7 Å². The number of carbonyl (C=O) groups is 2. The zero-order valence-corrected chi connectivity index (χ0v) is 20.7. The lowest BCUT2D eigenvalue weighted by molar-refractivity contribution is -0.136. The van der Waals surface area contributed by atoms with Gasteiger partial charge in [-0.25, -0.2) is 18.3 Å². The lowest BCUT2D eigenvalue weighted by atomic mass is 9.83. The van der Waals surface area contributed by atoms with Crippen LogP contribution in [0.5, 0.6) is 5.75 Å². The number of benzene rings is 2. The molecule has 0 saturated carbocycles. The maximum atomic E-state index is 13.7. The highest BCUT2D eigenvalue weighted by Crippen LogP contribution is 2.33. The summed E-state index contributed by atoms with van der Waals surface area (Å²) >= 11 is 0. The number of aryl methyl sites for hydroxylation is 1. The zero-order valence-electron chi connectivity index (χ0n) is 20.7. The van der Waals surface area contributed by atoms with E-state index >= 15 is 0 Å². The minimum Gasteiger partial charge on any atom is -0.488 e. The van der Waals surface area contributed by atoms with Crippen molar-refractivity contribution in [1.29, 1.82) is 0 Å². The summed E-state index contributed by atoms with van der Waals surface area (Å²) in [6, 6.07) is 8.31. The number of fused-ring (bicyclic) bond motifs is 2. The Morgan fingerprint density at radius 1 is 1.08 bits per heavy atom. The third-order valence-corrected chi connectivity index (χ3v) is 6.84. The van der Waals surface area contributed by atoms with Crippen molar-refractivity contribution >= 4 is 17.4 Å². The van der Waals surface area contributed by atoms with Gasteiger partial charge >= 0.3 is 5.97 Å². The molecule has 1 aromatic heterocycles. The Morgan fingerprint density at radius 3 is 2.56 bits per heavy atom. The van der Waals surface area contributed by atoms with Crippen LogP contribution in [0.4, 0.5) is 13.2 Å². The Bertz CT molecular complexity index is 1400. The molecule has 2 N–H and O–H groups in total. The minimum atomic E-state index is -1.35. The molecule has 13 heteroatoms. The maximum absolute atomic E-state index is 13.7. The minimum absolute atomic E-state index is 0.00890. The number of tetrazole rings is 1. The smallest absolute Gasteiger partial charge is 0.333 e. The Labute approximate surface area is 221 Å². The van der Waals surface area contributed by atoms with Crippen LogP contribution in [-0.4, -0.2) is 73.9 Å². The van der Waals surface area contributed by atoms with Crippen molar-refractivity contribution < 1.29 is 32.6 Å². The number of carboxylic acid groups (broad SMARTS) is 1. The number of hydrogen-bond donors (Lipinski definition) is 2. The first-order valence-electron chi connectivity index (χ1n) is 12.4. The van der Waals surface area contributed by atoms with E-state index in [9.17, 15) is 27.9 Å². The largest absolute Gasteiger partial charge is 0.488 e. The number of piperazine rings is 1. The van der Waals surface area contributed by atoms with Crippen molar-refractivity contribution in [2.45, 2.75) is 37.9 Å². The number of aliphatic carboxylic acids is 1. The number of carboxylic acids is 1. The predicted octanol–water partition coefficient (Wildman–Crippen LogP) is 2.21. The molecule has 0 radical (unpaired) electrons. The normalized spacial score (nSPS) is 18.8. The van der Waals surface area contributed by atoms with Crippen LogP contribution < -0.4 is 10.1 Å². The van der Waals surface area contributed by atoms with Crippen LogP contribution in [0, 0.1) is 17.5 Å². The molecule has 10 nitrogen and oxygen atoms in total. The highest BCUT2D eigenvalue weighted by atomic mass is 19.2. The average molecular weight is 543 g/mol. The highest BCUT2D eigenvalue weighted by Gasteiger charge is 2.39. The number of halogens is 3. The molecule has 1 fully saturated rings. The number of hydrogen-bond acceptors (Lipinski definition) is 7.